The second-order valence-corrected chi connectivity index (χ2v) is 6.63. The average molecular weight is 309 g/mol. The zero-order chi connectivity index (χ0) is 16.4. The zero-order valence-corrected chi connectivity index (χ0v) is 13.7. The molecule has 0 spiro atoms. The maximum absolute atomic E-state index is 11.1. The number of likely N-dealkylation sites (tertiary alicyclic amines) is 1. The quantitative estimate of drug-likeness (QED) is 0.925. The molecule has 1 N–H and O–H groups in total. The molecule has 0 aromatic heterocycles. The molecule has 2 aromatic carbocycles. The number of carboxylic acids is 1. The summed E-state index contributed by atoms with van der Waals surface area (Å²) >= 11 is 0. The Morgan fingerprint density at radius 1 is 1.22 bits per heavy atom. The van der Waals surface area contributed by atoms with Crippen molar-refractivity contribution < 1.29 is 9.90 Å². The Bertz CT molecular complexity index is 693. The van der Waals surface area contributed by atoms with Crippen LogP contribution in [0.25, 0.3) is 0 Å². The first-order chi connectivity index (χ1) is 11.0. The van der Waals surface area contributed by atoms with Crippen molar-refractivity contribution in [3.63, 3.8) is 0 Å². The van der Waals surface area contributed by atoms with Crippen molar-refractivity contribution >= 4 is 5.97 Å². The number of carboxylic acid groups (broad SMARTS) is 1. The summed E-state index contributed by atoms with van der Waals surface area (Å²) in [7, 11) is 0. The molecule has 2 aromatic rings. The van der Waals surface area contributed by atoms with E-state index >= 15 is 0 Å². The standard InChI is InChI=1S/C20H23NO2/c1-14-6-8-17(9-7-14)19-10-15(2)21(13-19)12-16-4-3-5-18(11-16)20(22)23/h3-9,11,15,19H,10,12-13H2,1-2H3,(H,22,23). The normalized spacial score (nSPS) is 21.5. The summed E-state index contributed by atoms with van der Waals surface area (Å²) in [6, 6.07) is 16.6. The van der Waals surface area contributed by atoms with E-state index in [0.717, 1.165) is 25.1 Å². The van der Waals surface area contributed by atoms with Gasteiger partial charge in [-0.2, -0.15) is 0 Å². The molecule has 0 saturated carbocycles. The first-order valence-electron chi connectivity index (χ1n) is 8.16. The molecule has 1 aliphatic heterocycles. The van der Waals surface area contributed by atoms with Gasteiger partial charge in [-0.05, 0) is 49.4 Å². The molecule has 120 valence electrons. The Morgan fingerprint density at radius 3 is 2.65 bits per heavy atom. The van der Waals surface area contributed by atoms with E-state index in [2.05, 4.69) is 43.0 Å². The Hall–Kier alpha value is -2.13. The lowest BCUT2D eigenvalue weighted by molar-refractivity contribution is 0.0696. The van der Waals surface area contributed by atoms with Crippen LogP contribution in [0.2, 0.25) is 0 Å². The van der Waals surface area contributed by atoms with Gasteiger partial charge in [0.1, 0.15) is 0 Å². The Balaban J connectivity index is 1.70. The van der Waals surface area contributed by atoms with Crippen molar-refractivity contribution in [2.75, 3.05) is 6.54 Å². The van der Waals surface area contributed by atoms with Crippen LogP contribution in [0.15, 0.2) is 48.5 Å². The van der Waals surface area contributed by atoms with Crippen LogP contribution in [0.4, 0.5) is 0 Å². The van der Waals surface area contributed by atoms with Crippen molar-refractivity contribution in [2.24, 2.45) is 0 Å². The minimum absolute atomic E-state index is 0.365. The fourth-order valence-electron chi connectivity index (χ4n) is 3.44. The third kappa shape index (κ3) is 3.62. The number of hydrogen-bond donors (Lipinski definition) is 1. The van der Waals surface area contributed by atoms with E-state index in [9.17, 15) is 4.79 Å². The van der Waals surface area contributed by atoms with E-state index in [1.165, 1.54) is 11.1 Å². The highest BCUT2D eigenvalue weighted by Crippen LogP contribution is 2.32. The van der Waals surface area contributed by atoms with E-state index in [0.29, 0.717) is 17.5 Å². The van der Waals surface area contributed by atoms with Gasteiger partial charge in [-0.1, -0.05) is 42.0 Å². The maximum atomic E-state index is 11.1. The number of aryl methyl sites for hydroxylation is 1. The summed E-state index contributed by atoms with van der Waals surface area (Å²) in [5, 5.41) is 9.12. The second-order valence-electron chi connectivity index (χ2n) is 6.63. The van der Waals surface area contributed by atoms with E-state index in [1.54, 1.807) is 12.1 Å². The van der Waals surface area contributed by atoms with Gasteiger partial charge in [0.05, 0.1) is 5.56 Å². The molecule has 3 nitrogen and oxygen atoms in total. The zero-order valence-electron chi connectivity index (χ0n) is 13.7. The third-order valence-electron chi connectivity index (χ3n) is 4.81. The minimum Gasteiger partial charge on any atom is -0.478 e. The molecule has 0 aliphatic carbocycles. The molecule has 0 amide bonds. The van der Waals surface area contributed by atoms with E-state index < -0.39 is 5.97 Å². The molecule has 1 heterocycles. The summed E-state index contributed by atoms with van der Waals surface area (Å²) in [6.45, 7) is 6.21. The van der Waals surface area contributed by atoms with Crippen molar-refractivity contribution in [1.82, 2.24) is 4.90 Å². The van der Waals surface area contributed by atoms with Crippen molar-refractivity contribution in [3.05, 3.63) is 70.8 Å². The van der Waals surface area contributed by atoms with Crippen molar-refractivity contribution in [2.45, 2.75) is 38.8 Å². The van der Waals surface area contributed by atoms with Gasteiger partial charge in [0.25, 0.3) is 0 Å². The molecule has 0 radical (unpaired) electrons. The topological polar surface area (TPSA) is 40.5 Å². The first kappa shape index (κ1) is 15.8. The number of rotatable bonds is 4. The number of nitrogens with zero attached hydrogens (tertiary/aromatic N) is 1. The number of carbonyl (C=O) groups is 1. The molecular formula is C20H23NO2. The Kier molecular flexibility index (Phi) is 4.49. The minimum atomic E-state index is -0.862. The van der Waals surface area contributed by atoms with Crippen LogP contribution in [-0.2, 0) is 6.54 Å². The van der Waals surface area contributed by atoms with Crippen molar-refractivity contribution in [1.29, 1.82) is 0 Å². The molecule has 3 rings (SSSR count). The predicted molar refractivity (Wildman–Crippen MR) is 91.8 cm³/mol. The van der Waals surface area contributed by atoms with Crippen LogP contribution in [0.1, 0.15) is 46.3 Å². The first-order valence-corrected chi connectivity index (χ1v) is 8.16. The maximum Gasteiger partial charge on any atom is 0.335 e. The van der Waals surface area contributed by atoms with Crippen LogP contribution in [0, 0.1) is 6.92 Å². The van der Waals surface area contributed by atoms with Crippen LogP contribution in [0.3, 0.4) is 0 Å². The summed E-state index contributed by atoms with van der Waals surface area (Å²) in [6.07, 6.45) is 1.15. The average Bonchev–Trinajstić information content (AvgIpc) is 2.89. The number of hydrogen-bond acceptors (Lipinski definition) is 2. The highest BCUT2D eigenvalue weighted by atomic mass is 16.4. The molecule has 1 aliphatic rings. The van der Waals surface area contributed by atoms with Gasteiger partial charge in [-0.25, -0.2) is 4.79 Å². The Labute approximate surface area is 137 Å². The largest absolute Gasteiger partial charge is 0.478 e. The predicted octanol–water partition coefficient (Wildman–Crippen LogP) is 4.07. The molecule has 2 unspecified atom stereocenters. The summed E-state index contributed by atoms with van der Waals surface area (Å²) < 4.78 is 0. The summed E-state index contributed by atoms with van der Waals surface area (Å²) in [4.78, 5) is 13.6. The fraction of sp³-hybridized carbons (Fsp3) is 0.350. The van der Waals surface area contributed by atoms with Crippen LogP contribution in [0.5, 0.6) is 0 Å². The van der Waals surface area contributed by atoms with Crippen molar-refractivity contribution in [3.8, 4) is 0 Å². The highest BCUT2D eigenvalue weighted by molar-refractivity contribution is 5.87. The van der Waals surface area contributed by atoms with E-state index in [1.807, 2.05) is 12.1 Å². The molecule has 1 saturated heterocycles. The van der Waals surface area contributed by atoms with Gasteiger partial charge in [0.15, 0.2) is 0 Å². The molecule has 23 heavy (non-hydrogen) atoms. The van der Waals surface area contributed by atoms with Crippen LogP contribution in [-0.4, -0.2) is 28.6 Å². The fourth-order valence-corrected chi connectivity index (χ4v) is 3.44. The van der Waals surface area contributed by atoms with Gasteiger partial charge in [-0.3, -0.25) is 4.90 Å². The lowest BCUT2D eigenvalue weighted by Gasteiger charge is -2.21. The van der Waals surface area contributed by atoms with Crippen LogP contribution >= 0.6 is 0 Å². The third-order valence-corrected chi connectivity index (χ3v) is 4.81. The molecule has 0 bridgehead atoms. The van der Waals surface area contributed by atoms with Gasteiger partial charge in [-0.15, -0.1) is 0 Å². The number of benzene rings is 2. The van der Waals surface area contributed by atoms with Crippen LogP contribution < -0.4 is 0 Å². The lowest BCUT2D eigenvalue weighted by atomic mass is 9.96. The Morgan fingerprint density at radius 2 is 1.96 bits per heavy atom. The second kappa shape index (κ2) is 6.55. The number of aromatic carboxylic acids is 1. The van der Waals surface area contributed by atoms with E-state index in [4.69, 9.17) is 5.11 Å². The SMILES string of the molecule is Cc1ccc(C2CC(C)N(Cc3cccc(C(=O)O)c3)C2)cc1. The molecular weight excluding hydrogens is 286 g/mol. The molecule has 1 fully saturated rings. The van der Waals surface area contributed by atoms with Gasteiger partial charge < -0.3 is 5.11 Å². The van der Waals surface area contributed by atoms with Gasteiger partial charge in [0.2, 0.25) is 0 Å². The summed E-state index contributed by atoms with van der Waals surface area (Å²) in [5.74, 6) is -0.299. The lowest BCUT2D eigenvalue weighted by Crippen LogP contribution is -2.26. The molecule has 3 heteroatoms. The van der Waals surface area contributed by atoms with E-state index in [-0.39, 0.29) is 0 Å². The monoisotopic (exact) mass is 309 g/mol. The van der Waals surface area contributed by atoms with Gasteiger partial charge in [0, 0.05) is 19.1 Å². The summed E-state index contributed by atoms with van der Waals surface area (Å²) in [5.41, 5.74) is 4.14. The smallest absolute Gasteiger partial charge is 0.335 e. The van der Waals surface area contributed by atoms with Gasteiger partial charge >= 0.3 is 5.97 Å². The molecule has 2 atom stereocenters. The highest BCUT2D eigenvalue weighted by Gasteiger charge is 2.29.